The van der Waals surface area contributed by atoms with Crippen molar-refractivity contribution < 1.29 is 14.6 Å². The van der Waals surface area contributed by atoms with Gasteiger partial charge in [-0.25, -0.2) is 9.78 Å². The molecule has 0 saturated heterocycles. The summed E-state index contributed by atoms with van der Waals surface area (Å²) in [6.45, 7) is 3.76. The fraction of sp³-hybridized carbons (Fsp3) is 0.143. The molecule has 4 heteroatoms. The van der Waals surface area contributed by atoms with E-state index in [1.54, 1.807) is 25.3 Å². The van der Waals surface area contributed by atoms with Crippen LogP contribution in [0.5, 0.6) is 11.6 Å². The first-order valence-electron chi connectivity index (χ1n) is 5.51. The van der Waals surface area contributed by atoms with E-state index >= 15 is 0 Å². The van der Waals surface area contributed by atoms with E-state index in [2.05, 4.69) is 4.98 Å². The summed E-state index contributed by atoms with van der Waals surface area (Å²) < 4.78 is 5.62. The third-order valence-electron chi connectivity index (χ3n) is 2.53. The van der Waals surface area contributed by atoms with E-state index in [9.17, 15) is 4.79 Å². The maximum atomic E-state index is 10.8. The Morgan fingerprint density at radius 1 is 1.22 bits per heavy atom. The molecule has 0 bridgehead atoms. The van der Waals surface area contributed by atoms with Crippen molar-refractivity contribution in [2.24, 2.45) is 0 Å². The van der Waals surface area contributed by atoms with Crippen LogP contribution in [0.3, 0.4) is 0 Å². The van der Waals surface area contributed by atoms with Crippen LogP contribution in [0, 0.1) is 13.8 Å². The van der Waals surface area contributed by atoms with Gasteiger partial charge in [-0.2, -0.15) is 0 Å². The molecule has 0 aliphatic carbocycles. The molecule has 0 aliphatic heterocycles. The lowest BCUT2D eigenvalue weighted by Crippen LogP contribution is -1.98. The van der Waals surface area contributed by atoms with Gasteiger partial charge >= 0.3 is 5.97 Å². The second kappa shape index (κ2) is 4.87. The number of carboxylic acid groups (broad SMARTS) is 1. The standard InChI is InChI=1S/C14H13NO3/c1-9-5-6-15-13(7-9)18-12-4-3-11(14(16)17)8-10(12)2/h3-8H,1-2H3,(H,16,17). The lowest BCUT2D eigenvalue weighted by molar-refractivity contribution is 0.0697. The first kappa shape index (κ1) is 12.1. The zero-order chi connectivity index (χ0) is 13.1. The van der Waals surface area contributed by atoms with Gasteiger partial charge < -0.3 is 9.84 Å². The largest absolute Gasteiger partial charge is 0.478 e. The van der Waals surface area contributed by atoms with E-state index in [-0.39, 0.29) is 5.56 Å². The normalized spacial score (nSPS) is 10.1. The number of aromatic nitrogens is 1. The van der Waals surface area contributed by atoms with Crippen molar-refractivity contribution in [3.63, 3.8) is 0 Å². The smallest absolute Gasteiger partial charge is 0.335 e. The highest BCUT2D eigenvalue weighted by Crippen LogP contribution is 2.24. The van der Waals surface area contributed by atoms with E-state index < -0.39 is 5.97 Å². The van der Waals surface area contributed by atoms with E-state index in [1.807, 2.05) is 19.1 Å². The number of rotatable bonds is 3. The van der Waals surface area contributed by atoms with Crippen LogP contribution in [-0.2, 0) is 0 Å². The number of hydrogen-bond acceptors (Lipinski definition) is 3. The molecular formula is C14H13NO3. The van der Waals surface area contributed by atoms with Crippen molar-refractivity contribution in [1.29, 1.82) is 0 Å². The maximum absolute atomic E-state index is 10.8. The van der Waals surface area contributed by atoms with Gasteiger partial charge in [-0.3, -0.25) is 0 Å². The van der Waals surface area contributed by atoms with E-state index in [0.717, 1.165) is 11.1 Å². The number of hydrogen-bond donors (Lipinski definition) is 1. The zero-order valence-electron chi connectivity index (χ0n) is 10.2. The molecule has 0 saturated carbocycles. The van der Waals surface area contributed by atoms with Crippen LogP contribution in [0.2, 0.25) is 0 Å². The third-order valence-corrected chi connectivity index (χ3v) is 2.53. The van der Waals surface area contributed by atoms with Crippen molar-refractivity contribution in [2.75, 3.05) is 0 Å². The number of carbonyl (C=O) groups is 1. The molecule has 92 valence electrons. The van der Waals surface area contributed by atoms with Crippen molar-refractivity contribution in [2.45, 2.75) is 13.8 Å². The Balaban J connectivity index is 2.27. The Kier molecular flexibility index (Phi) is 3.28. The molecule has 0 aliphatic rings. The van der Waals surface area contributed by atoms with Gasteiger partial charge in [-0.1, -0.05) is 0 Å². The summed E-state index contributed by atoms with van der Waals surface area (Å²) in [7, 11) is 0. The molecule has 0 atom stereocenters. The average molecular weight is 243 g/mol. The molecule has 1 aromatic carbocycles. The fourth-order valence-electron chi connectivity index (χ4n) is 1.57. The first-order chi connectivity index (χ1) is 8.56. The number of benzene rings is 1. The number of ether oxygens (including phenoxy) is 1. The van der Waals surface area contributed by atoms with Crippen LogP contribution in [0.1, 0.15) is 21.5 Å². The van der Waals surface area contributed by atoms with Crippen LogP contribution in [0.15, 0.2) is 36.5 Å². The second-order valence-electron chi connectivity index (χ2n) is 4.06. The summed E-state index contributed by atoms with van der Waals surface area (Å²) in [5, 5.41) is 8.87. The molecule has 0 fully saturated rings. The molecule has 2 aromatic rings. The number of nitrogens with zero attached hydrogens (tertiary/aromatic N) is 1. The van der Waals surface area contributed by atoms with Gasteiger partial charge in [-0.05, 0) is 49.2 Å². The molecular weight excluding hydrogens is 230 g/mol. The summed E-state index contributed by atoms with van der Waals surface area (Å²) in [4.78, 5) is 14.9. The highest BCUT2D eigenvalue weighted by molar-refractivity contribution is 5.88. The quantitative estimate of drug-likeness (QED) is 0.899. The molecule has 0 unspecified atom stereocenters. The number of aryl methyl sites for hydroxylation is 2. The second-order valence-corrected chi connectivity index (χ2v) is 4.06. The molecule has 1 heterocycles. The lowest BCUT2D eigenvalue weighted by atomic mass is 10.1. The van der Waals surface area contributed by atoms with Crippen LogP contribution < -0.4 is 4.74 Å². The predicted octanol–water partition coefficient (Wildman–Crippen LogP) is 3.19. The van der Waals surface area contributed by atoms with Gasteiger partial charge in [0.25, 0.3) is 0 Å². The molecule has 0 radical (unpaired) electrons. The maximum Gasteiger partial charge on any atom is 0.335 e. The highest BCUT2D eigenvalue weighted by Gasteiger charge is 2.07. The number of pyridine rings is 1. The Labute approximate surface area is 105 Å². The predicted molar refractivity (Wildman–Crippen MR) is 67.2 cm³/mol. The zero-order valence-corrected chi connectivity index (χ0v) is 10.2. The van der Waals surface area contributed by atoms with Crippen LogP contribution in [-0.4, -0.2) is 16.1 Å². The molecule has 1 aromatic heterocycles. The van der Waals surface area contributed by atoms with Crippen molar-refractivity contribution in [3.8, 4) is 11.6 Å². The Morgan fingerprint density at radius 2 is 2.00 bits per heavy atom. The first-order valence-corrected chi connectivity index (χ1v) is 5.51. The Morgan fingerprint density at radius 3 is 2.61 bits per heavy atom. The highest BCUT2D eigenvalue weighted by atomic mass is 16.5. The van der Waals surface area contributed by atoms with E-state index in [4.69, 9.17) is 9.84 Å². The monoisotopic (exact) mass is 243 g/mol. The van der Waals surface area contributed by atoms with E-state index in [0.29, 0.717) is 11.6 Å². The number of carboxylic acids is 1. The molecule has 18 heavy (non-hydrogen) atoms. The molecule has 0 spiro atoms. The van der Waals surface area contributed by atoms with Crippen LogP contribution in [0.4, 0.5) is 0 Å². The van der Waals surface area contributed by atoms with Gasteiger partial charge in [0.05, 0.1) is 5.56 Å². The summed E-state index contributed by atoms with van der Waals surface area (Å²) in [6, 6.07) is 8.44. The van der Waals surface area contributed by atoms with Crippen molar-refractivity contribution in [3.05, 3.63) is 53.2 Å². The van der Waals surface area contributed by atoms with Crippen molar-refractivity contribution in [1.82, 2.24) is 4.98 Å². The fourth-order valence-corrected chi connectivity index (χ4v) is 1.57. The third kappa shape index (κ3) is 2.66. The van der Waals surface area contributed by atoms with Crippen LogP contribution in [0.25, 0.3) is 0 Å². The SMILES string of the molecule is Cc1ccnc(Oc2ccc(C(=O)O)cc2C)c1. The van der Waals surface area contributed by atoms with Gasteiger partial charge in [0.2, 0.25) is 5.88 Å². The summed E-state index contributed by atoms with van der Waals surface area (Å²) in [5.74, 6) is 0.164. The molecule has 1 N–H and O–H groups in total. The van der Waals surface area contributed by atoms with Crippen molar-refractivity contribution >= 4 is 5.97 Å². The lowest BCUT2D eigenvalue weighted by Gasteiger charge is -2.08. The Bertz CT molecular complexity index is 593. The topological polar surface area (TPSA) is 59.4 Å². The minimum atomic E-state index is -0.946. The molecule has 0 amide bonds. The average Bonchev–Trinajstić information content (AvgIpc) is 2.31. The minimum Gasteiger partial charge on any atom is -0.478 e. The summed E-state index contributed by atoms with van der Waals surface area (Å²) >= 11 is 0. The van der Waals surface area contributed by atoms with Gasteiger partial charge in [-0.15, -0.1) is 0 Å². The van der Waals surface area contributed by atoms with Gasteiger partial charge in [0, 0.05) is 12.3 Å². The van der Waals surface area contributed by atoms with Gasteiger partial charge in [0.15, 0.2) is 0 Å². The Hall–Kier alpha value is -2.36. The van der Waals surface area contributed by atoms with Gasteiger partial charge in [0.1, 0.15) is 5.75 Å². The number of aromatic carboxylic acids is 1. The van der Waals surface area contributed by atoms with E-state index in [1.165, 1.54) is 6.07 Å². The molecule has 4 nitrogen and oxygen atoms in total. The van der Waals surface area contributed by atoms with Crippen LogP contribution >= 0.6 is 0 Å². The summed E-state index contributed by atoms with van der Waals surface area (Å²) in [5.41, 5.74) is 2.06. The molecule has 2 rings (SSSR count). The summed E-state index contributed by atoms with van der Waals surface area (Å²) in [6.07, 6.45) is 1.67. The minimum absolute atomic E-state index is 0.247.